The lowest BCUT2D eigenvalue weighted by Crippen LogP contribution is -1.87. The maximum absolute atomic E-state index is 13.7. The molecular formula is C19H14FNS. The second-order valence-corrected chi connectivity index (χ2v) is 6.26. The van der Waals surface area contributed by atoms with Gasteiger partial charge in [0.05, 0.1) is 4.90 Å². The number of nitrogens with zero attached hydrogens (tertiary/aromatic N) is 1. The van der Waals surface area contributed by atoms with E-state index in [1.807, 2.05) is 17.5 Å². The van der Waals surface area contributed by atoms with Gasteiger partial charge in [0.2, 0.25) is 0 Å². The summed E-state index contributed by atoms with van der Waals surface area (Å²) in [5.41, 5.74) is 2.90. The quantitative estimate of drug-likeness (QED) is 0.464. The average molecular weight is 307 g/mol. The Hall–Kier alpha value is -2.23. The Morgan fingerprint density at radius 1 is 1.05 bits per heavy atom. The highest BCUT2D eigenvalue weighted by Gasteiger charge is 2.21. The minimum atomic E-state index is -0.405. The molecule has 0 atom stereocenters. The van der Waals surface area contributed by atoms with Crippen LogP contribution in [0.4, 0.5) is 4.39 Å². The molecule has 3 heteroatoms. The molecule has 0 aliphatic heterocycles. The highest BCUT2D eigenvalue weighted by Crippen LogP contribution is 2.32. The second-order valence-electron chi connectivity index (χ2n) is 5.43. The lowest BCUT2D eigenvalue weighted by Gasteiger charge is -1.99. The van der Waals surface area contributed by atoms with Crippen LogP contribution in [0.5, 0.6) is 0 Å². The van der Waals surface area contributed by atoms with Gasteiger partial charge < -0.3 is 0 Å². The number of nitriles is 1. The number of thiocyanates is 1. The van der Waals surface area contributed by atoms with Crippen LogP contribution in [0, 0.1) is 34.2 Å². The Labute approximate surface area is 134 Å². The van der Waals surface area contributed by atoms with Crippen molar-refractivity contribution in [2.75, 3.05) is 0 Å². The molecule has 1 nitrogen and oxygen atoms in total. The Morgan fingerprint density at radius 3 is 2.36 bits per heavy atom. The predicted octanol–water partition coefficient (Wildman–Crippen LogP) is 4.75. The molecule has 1 aliphatic carbocycles. The van der Waals surface area contributed by atoms with E-state index in [1.165, 1.54) is 24.5 Å². The van der Waals surface area contributed by atoms with E-state index in [9.17, 15) is 4.39 Å². The van der Waals surface area contributed by atoms with Crippen molar-refractivity contribution >= 4 is 11.8 Å². The molecule has 1 fully saturated rings. The second kappa shape index (κ2) is 6.69. The van der Waals surface area contributed by atoms with Gasteiger partial charge in [-0.3, -0.25) is 0 Å². The number of rotatable bonds is 3. The van der Waals surface area contributed by atoms with Gasteiger partial charge in [-0.15, -0.1) is 0 Å². The summed E-state index contributed by atoms with van der Waals surface area (Å²) in [6.07, 6.45) is 3.87. The molecule has 0 heterocycles. The van der Waals surface area contributed by atoms with Gasteiger partial charge in [0.25, 0.3) is 0 Å². The highest BCUT2D eigenvalue weighted by molar-refractivity contribution is 8.03. The van der Waals surface area contributed by atoms with Gasteiger partial charge >= 0.3 is 0 Å². The molecule has 108 valence electrons. The van der Waals surface area contributed by atoms with E-state index in [2.05, 4.69) is 24.0 Å². The molecule has 0 radical (unpaired) electrons. The Bertz CT molecular complexity index is 774. The fourth-order valence-electron chi connectivity index (χ4n) is 2.23. The molecule has 0 N–H and O–H groups in total. The van der Waals surface area contributed by atoms with E-state index in [0.717, 1.165) is 29.7 Å². The maximum Gasteiger partial charge on any atom is 0.139 e. The zero-order chi connectivity index (χ0) is 15.4. The van der Waals surface area contributed by atoms with Gasteiger partial charge in [0.1, 0.15) is 11.2 Å². The van der Waals surface area contributed by atoms with Crippen molar-refractivity contribution in [3.05, 3.63) is 65.0 Å². The Kier molecular flexibility index (Phi) is 4.47. The minimum absolute atomic E-state index is 0.331. The summed E-state index contributed by atoms with van der Waals surface area (Å²) in [5, 5.41) is 10.4. The fraction of sp³-hybridized carbons (Fsp3) is 0.211. The SMILES string of the molecule is N#CSc1ccc(C#Cc2ccc(CC3CC3)cc2)cc1F. The van der Waals surface area contributed by atoms with Gasteiger partial charge in [-0.25, -0.2) is 4.39 Å². The molecule has 22 heavy (non-hydrogen) atoms. The van der Waals surface area contributed by atoms with Crippen LogP contribution in [0.2, 0.25) is 0 Å². The molecule has 0 bridgehead atoms. The van der Waals surface area contributed by atoms with E-state index in [-0.39, 0.29) is 0 Å². The third kappa shape index (κ3) is 3.91. The number of halogens is 1. The topological polar surface area (TPSA) is 23.8 Å². The third-order valence-electron chi connectivity index (χ3n) is 3.61. The van der Waals surface area contributed by atoms with Gasteiger partial charge in [-0.2, -0.15) is 5.26 Å². The first-order chi connectivity index (χ1) is 10.7. The zero-order valence-corrected chi connectivity index (χ0v) is 12.8. The molecule has 3 rings (SSSR count). The number of benzene rings is 2. The standard InChI is InChI=1S/C19H14FNS/c20-18-12-17(9-10-19(18)22-13-21)6-3-14-1-4-15(5-2-14)11-16-7-8-16/h1-2,4-5,9-10,12,16H,7-8,11H2. The van der Waals surface area contributed by atoms with Gasteiger partial charge in [-0.1, -0.05) is 24.0 Å². The van der Waals surface area contributed by atoms with Crippen LogP contribution in [-0.4, -0.2) is 0 Å². The summed E-state index contributed by atoms with van der Waals surface area (Å²) in [7, 11) is 0. The summed E-state index contributed by atoms with van der Waals surface area (Å²) in [5.74, 6) is 6.48. The largest absolute Gasteiger partial charge is 0.206 e. The molecule has 2 aromatic rings. The molecule has 2 aromatic carbocycles. The number of thioether (sulfide) groups is 1. The van der Waals surface area contributed by atoms with Crippen molar-refractivity contribution < 1.29 is 4.39 Å². The van der Waals surface area contributed by atoms with Crippen LogP contribution in [-0.2, 0) is 6.42 Å². The van der Waals surface area contributed by atoms with Gasteiger partial charge in [-0.05, 0) is 72.8 Å². The highest BCUT2D eigenvalue weighted by atomic mass is 32.2. The summed E-state index contributed by atoms with van der Waals surface area (Å²) >= 11 is 0.819. The first-order valence-electron chi connectivity index (χ1n) is 7.21. The Balaban J connectivity index is 1.71. The van der Waals surface area contributed by atoms with Crippen LogP contribution < -0.4 is 0 Å². The lowest BCUT2D eigenvalue weighted by atomic mass is 10.1. The van der Waals surface area contributed by atoms with Crippen LogP contribution in [0.1, 0.15) is 29.5 Å². The van der Waals surface area contributed by atoms with E-state index in [0.29, 0.717) is 10.5 Å². The fourth-order valence-corrected chi connectivity index (χ4v) is 2.63. The van der Waals surface area contributed by atoms with Crippen molar-refractivity contribution in [2.45, 2.75) is 24.2 Å². The van der Waals surface area contributed by atoms with Crippen molar-refractivity contribution in [1.29, 1.82) is 5.26 Å². The smallest absolute Gasteiger partial charge is 0.139 e. The molecule has 0 unspecified atom stereocenters. The lowest BCUT2D eigenvalue weighted by molar-refractivity contribution is 0.602. The average Bonchev–Trinajstić information content (AvgIpc) is 3.33. The van der Waals surface area contributed by atoms with E-state index >= 15 is 0 Å². The predicted molar refractivity (Wildman–Crippen MR) is 86.7 cm³/mol. The van der Waals surface area contributed by atoms with Crippen LogP contribution in [0.25, 0.3) is 0 Å². The van der Waals surface area contributed by atoms with Crippen molar-refractivity contribution in [3.8, 4) is 17.2 Å². The molecule has 1 aliphatic rings. The number of hydrogen-bond donors (Lipinski definition) is 0. The van der Waals surface area contributed by atoms with Crippen molar-refractivity contribution in [2.24, 2.45) is 5.92 Å². The molecule has 1 saturated carbocycles. The molecule has 0 spiro atoms. The Morgan fingerprint density at radius 2 is 1.73 bits per heavy atom. The molecule has 0 aromatic heterocycles. The minimum Gasteiger partial charge on any atom is -0.206 e. The van der Waals surface area contributed by atoms with Crippen molar-refractivity contribution in [1.82, 2.24) is 0 Å². The maximum atomic E-state index is 13.7. The summed E-state index contributed by atoms with van der Waals surface area (Å²) in [4.78, 5) is 0.331. The van der Waals surface area contributed by atoms with Crippen LogP contribution in [0.3, 0.4) is 0 Å². The van der Waals surface area contributed by atoms with E-state index in [4.69, 9.17) is 5.26 Å². The molecular weight excluding hydrogens is 293 g/mol. The van der Waals surface area contributed by atoms with Crippen LogP contribution >= 0.6 is 11.8 Å². The van der Waals surface area contributed by atoms with Crippen LogP contribution in [0.15, 0.2) is 47.4 Å². The third-order valence-corrected chi connectivity index (χ3v) is 4.26. The monoisotopic (exact) mass is 307 g/mol. The van der Waals surface area contributed by atoms with E-state index < -0.39 is 5.82 Å². The first-order valence-corrected chi connectivity index (χ1v) is 8.03. The number of hydrogen-bond acceptors (Lipinski definition) is 2. The normalized spacial score (nSPS) is 13.1. The van der Waals surface area contributed by atoms with E-state index in [1.54, 1.807) is 12.1 Å². The summed E-state index contributed by atoms with van der Waals surface area (Å²) < 4.78 is 13.7. The zero-order valence-electron chi connectivity index (χ0n) is 12.0. The summed E-state index contributed by atoms with van der Waals surface area (Å²) in [6, 6.07) is 13.0. The first kappa shape index (κ1) is 14.7. The summed E-state index contributed by atoms with van der Waals surface area (Å²) in [6.45, 7) is 0. The van der Waals surface area contributed by atoms with Crippen molar-refractivity contribution in [3.63, 3.8) is 0 Å². The molecule has 0 saturated heterocycles. The molecule has 0 amide bonds. The van der Waals surface area contributed by atoms with Gasteiger partial charge in [0.15, 0.2) is 0 Å². The van der Waals surface area contributed by atoms with Gasteiger partial charge in [0, 0.05) is 11.1 Å².